The molecule has 15 heteroatoms. The molecule has 0 saturated carbocycles. The summed E-state index contributed by atoms with van der Waals surface area (Å²) in [6.45, 7) is 4.82. The standard InChI is InChI=1S/C35H35ClF5N7O2/c1-21(37)32(49)47-17-16-46(18-23(47)9-13-42)31-24-10-15-45(27-5-2-4-22-6-7-25(38)30(36)29(22)27)19-26(24)43-33(44-31)50-20-34-11-3-14-48(34)28(8-12-34)35(39,40)41/h2,4-7,23,28H,1,3,8-12,14-20H2/t23-,28?,34?/m0/s1. The van der Waals surface area contributed by atoms with Crippen molar-refractivity contribution in [3.05, 3.63) is 64.8 Å². The van der Waals surface area contributed by atoms with E-state index in [1.807, 2.05) is 28.0 Å². The molecule has 3 aromatic rings. The molecule has 3 saturated heterocycles. The van der Waals surface area contributed by atoms with Gasteiger partial charge in [-0.2, -0.15) is 28.4 Å². The number of benzene rings is 2. The van der Waals surface area contributed by atoms with Crippen molar-refractivity contribution in [3.8, 4) is 12.1 Å². The number of rotatable bonds is 7. The second-order valence-corrected chi connectivity index (χ2v) is 13.8. The van der Waals surface area contributed by atoms with Crippen molar-refractivity contribution in [1.29, 1.82) is 5.26 Å². The van der Waals surface area contributed by atoms with Crippen molar-refractivity contribution in [2.45, 2.75) is 68.9 Å². The Morgan fingerprint density at radius 3 is 2.70 bits per heavy atom. The van der Waals surface area contributed by atoms with E-state index in [9.17, 15) is 32.0 Å². The molecule has 3 atom stereocenters. The molecule has 1 aromatic heterocycles. The van der Waals surface area contributed by atoms with Gasteiger partial charge in [-0.1, -0.05) is 36.4 Å². The number of piperazine rings is 1. The number of anilines is 2. The zero-order chi connectivity index (χ0) is 35.4. The molecule has 0 radical (unpaired) electrons. The minimum atomic E-state index is -4.34. The average molecular weight is 716 g/mol. The Bertz CT molecular complexity index is 1890. The summed E-state index contributed by atoms with van der Waals surface area (Å²) in [4.78, 5) is 29.0. The number of aromatic nitrogens is 2. The van der Waals surface area contributed by atoms with Crippen LogP contribution in [0.4, 0.5) is 33.5 Å². The highest BCUT2D eigenvalue weighted by Gasteiger charge is 2.58. The fourth-order valence-corrected chi connectivity index (χ4v) is 8.54. The molecule has 1 amide bonds. The molecule has 2 unspecified atom stereocenters. The predicted molar refractivity (Wildman–Crippen MR) is 177 cm³/mol. The molecule has 4 aliphatic heterocycles. The van der Waals surface area contributed by atoms with Crippen LogP contribution in [0.2, 0.25) is 5.02 Å². The number of ether oxygens (including phenoxy) is 1. The Labute approximate surface area is 290 Å². The summed E-state index contributed by atoms with van der Waals surface area (Å²) in [5.74, 6) is -1.98. The van der Waals surface area contributed by atoms with Crippen LogP contribution < -0.4 is 14.5 Å². The van der Waals surface area contributed by atoms with Crippen LogP contribution in [-0.2, 0) is 17.8 Å². The van der Waals surface area contributed by atoms with Gasteiger partial charge in [-0.25, -0.2) is 8.78 Å². The number of nitrogens with zero attached hydrogens (tertiary/aromatic N) is 7. The van der Waals surface area contributed by atoms with Gasteiger partial charge < -0.3 is 19.4 Å². The van der Waals surface area contributed by atoms with E-state index in [-0.39, 0.29) is 56.7 Å². The van der Waals surface area contributed by atoms with Gasteiger partial charge in [0.1, 0.15) is 24.3 Å². The van der Waals surface area contributed by atoms with Gasteiger partial charge in [0.2, 0.25) is 0 Å². The number of nitriles is 1. The Morgan fingerprint density at radius 2 is 1.94 bits per heavy atom. The van der Waals surface area contributed by atoms with E-state index in [0.29, 0.717) is 55.7 Å². The second kappa shape index (κ2) is 13.2. The Balaban J connectivity index is 1.23. The van der Waals surface area contributed by atoms with E-state index in [0.717, 1.165) is 16.6 Å². The van der Waals surface area contributed by atoms with Gasteiger partial charge in [0.05, 0.1) is 41.3 Å². The highest BCUT2D eigenvalue weighted by Crippen LogP contribution is 2.47. The first kappa shape index (κ1) is 34.2. The van der Waals surface area contributed by atoms with Crippen LogP contribution in [0.15, 0.2) is 42.7 Å². The van der Waals surface area contributed by atoms with E-state index < -0.39 is 41.4 Å². The van der Waals surface area contributed by atoms with E-state index in [2.05, 4.69) is 12.6 Å². The number of carbonyl (C=O) groups is 1. The molecule has 7 rings (SSSR count). The third-order valence-electron chi connectivity index (χ3n) is 10.6. The SMILES string of the molecule is C=C(F)C(=O)N1CCN(c2nc(OCC34CCCN3C(C(F)(F)F)CC4)nc3c2CCN(c2cccc4ccc(F)c(Cl)c24)C3)C[C@@H]1CC#N. The lowest BCUT2D eigenvalue weighted by molar-refractivity contribution is -0.182. The average Bonchev–Trinajstić information content (AvgIpc) is 3.67. The van der Waals surface area contributed by atoms with Crippen LogP contribution in [0, 0.1) is 17.1 Å². The van der Waals surface area contributed by atoms with E-state index in [4.69, 9.17) is 26.3 Å². The van der Waals surface area contributed by atoms with Gasteiger partial charge in [0, 0.05) is 42.8 Å². The number of amides is 1. The predicted octanol–water partition coefficient (Wildman–Crippen LogP) is 6.34. The van der Waals surface area contributed by atoms with Gasteiger partial charge >= 0.3 is 12.2 Å². The molecule has 5 heterocycles. The van der Waals surface area contributed by atoms with Gasteiger partial charge in [-0.05, 0) is 56.2 Å². The van der Waals surface area contributed by atoms with E-state index in [1.165, 1.54) is 15.9 Å². The lowest BCUT2D eigenvalue weighted by Gasteiger charge is -2.42. The summed E-state index contributed by atoms with van der Waals surface area (Å²) >= 11 is 6.47. The van der Waals surface area contributed by atoms with Crippen LogP contribution in [0.3, 0.4) is 0 Å². The second-order valence-electron chi connectivity index (χ2n) is 13.4. The highest BCUT2D eigenvalue weighted by molar-refractivity contribution is 6.36. The van der Waals surface area contributed by atoms with Crippen molar-refractivity contribution in [1.82, 2.24) is 19.8 Å². The lowest BCUT2D eigenvalue weighted by Crippen LogP contribution is -2.55. The largest absolute Gasteiger partial charge is 0.461 e. The minimum absolute atomic E-state index is 0.000876. The number of carbonyl (C=O) groups excluding carboxylic acids is 1. The number of hydrogen-bond acceptors (Lipinski definition) is 8. The number of fused-ring (bicyclic) bond motifs is 3. The summed E-state index contributed by atoms with van der Waals surface area (Å²) in [6.07, 6.45) is -2.37. The molecular weight excluding hydrogens is 681 g/mol. The number of hydrogen-bond donors (Lipinski definition) is 0. The molecule has 3 fully saturated rings. The smallest absolute Gasteiger partial charge is 0.404 e. The van der Waals surface area contributed by atoms with Crippen molar-refractivity contribution in [3.63, 3.8) is 0 Å². The van der Waals surface area contributed by atoms with Crippen LogP contribution in [-0.4, -0.2) is 88.8 Å². The first-order chi connectivity index (χ1) is 23.9. The van der Waals surface area contributed by atoms with Gasteiger partial charge in [0.25, 0.3) is 5.91 Å². The van der Waals surface area contributed by atoms with Gasteiger partial charge in [-0.15, -0.1) is 0 Å². The van der Waals surface area contributed by atoms with Crippen LogP contribution >= 0.6 is 11.6 Å². The lowest BCUT2D eigenvalue weighted by atomic mass is 9.95. The first-order valence-electron chi connectivity index (χ1n) is 16.7. The summed E-state index contributed by atoms with van der Waals surface area (Å²) in [5, 5.41) is 10.9. The molecule has 0 bridgehead atoms. The Morgan fingerprint density at radius 1 is 1.12 bits per heavy atom. The molecule has 264 valence electrons. The third kappa shape index (κ3) is 6.08. The monoisotopic (exact) mass is 715 g/mol. The first-order valence-corrected chi connectivity index (χ1v) is 17.0. The normalized spacial score (nSPS) is 23.9. The molecule has 0 spiro atoms. The maximum Gasteiger partial charge on any atom is 0.404 e. The summed E-state index contributed by atoms with van der Waals surface area (Å²) in [6, 6.07) is 8.51. The van der Waals surface area contributed by atoms with Gasteiger partial charge in [0.15, 0.2) is 5.83 Å². The molecule has 2 aromatic carbocycles. The molecule has 0 aliphatic carbocycles. The number of alkyl halides is 3. The summed E-state index contributed by atoms with van der Waals surface area (Å²) in [5.41, 5.74) is 1.37. The Hall–Kier alpha value is -4.22. The number of halogens is 6. The topological polar surface area (TPSA) is 88.8 Å². The molecule has 0 N–H and O–H groups in total. The third-order valence-corrected chi connectivity index (χ3v) is 11.0. The molecular formula is C35H35ClF5N7O2. The van der Waals surface area contributed by atoms with Crippen molar-refractivity contribution in [2.75, 3.05) is 49.1 Å². The van der Waals surface area contributed by atoms with Gasteiger partial charge in [-0.3, -0.25) is 9.69 Å². The van der Waals surface area contributed by atoms with E-state index >= 15 is 0 Å². The minimum Gasteiger partial charge on any atom is -0.461 e. The van der Waals surface area contributed by atoms with Crippen molar-refractivity contribution < 1.29 is 31.5 Å². The fraction of sp³-hybridized carbons (Fsp3) is 0.486. The van der Waals surface area contributed by atoms with Crippen LogP contribution in [0.1, 0.15) is 43.4 Å². The zero-order valence-corrected chi connectivity index (χ0v) is 27.9. The highest BCUT2D eigenvalue weighted by atomic mass is 35.5. The molecule has 50 heavy (non-hydrogen) atoms. The van der Waals surface area contributed by atoms with Crippen molar-refractivity contribution >= 4 is 39.8 Å². The summed E-state index contributed by atoms with van der Waals surface area (Å²) < 4.78 is 76.4. The Kier molecular flexibility index (Phi) is 9.01. The molecule has 9 nitrogen and oxygen atoms in total. The summed E-state index contributed by atoms with van der Waals surface area (Å²) in [7, 11) is 0. The van der Waals surface area contributed by atoms with Crippen LogP contribution in [0.25, 0.3) is 10.8 Å². The van der Waals surface area contributed by atoms with Crippen molar-refractivity contribution in [2.24, 2.45) is 0 Å². The molecule has 4 aliphatic rings. The van der Waals surface area contributed by atoms with E-state index in [1.54, 1.807) is 6.07 Å². The quantitative estimate of drug-likeness (QED) is 0.207. The fourth-order valence-electron chi connectivity index (χ4n) is 8.27. The zero-order valence-electron chi connectivity index (χ0n) is 27.2. The maximum absolute atomic E-state index is 14.6. The maximum atomic E-state index is 14.6. The van der Waals surface area contributed by atoms with Crippen LogP contribution in [0.5, 0.6) is 6.01 Å².